The number of carbonyl (C=O) groups is 4. The molecule has 2 aliphatic heterocycles. The Balaban J connectivity index is 1.58. The number of aliphatic hydroxyl groups excluding tert-OH is 1. The van der Waals surface area contributed by atoms with E-state index in [1.54, 1.807) is 10.6 Å². The Morgan fingerprint density at radius 2 is 1.28 bits per heavy atom. The van der Waals surface area contributed by atoms with Crippen LogP contribution in [-0.2, 0) is 19.9 Å². The van der Waals surface area contributed by atoms with E-state index in [2.05, 4.69) is 5.32 Å². The molecule has 1 spiro atoms. The van der Waals surface area contributed by atoms with Gasteiger partial charge in [-0.3, -0.25) is 14.4 Å². The van der Waals surface area contributed by atoms with Gasteiger partial charge in [0.05, 0.1) is 5.56 Å². The van der Waals surface area contributed by atoms with Crippen molar-refractivity contribution in [3.8, 4) is 11.5 Å². The predicted molar refractivity (Wildman–Crippen MR) is 152 cm³/mol. The van der Waals surface area contributed by atoms with Gasteiger partial charge in [-0.1, -0.05) is 12.8 Å². The van der Waals surface area contributed by atoms with E-state index in [-0.39, 0.29) is 57.3 Å². The van der Waals surface area contributed by atoms with Crippen LogP contribution in [0.2, 0.25) is 0 Å². The van der Waals surface area contributed by atoms with Crippen LogP contribution in [0, 0.1) is 0 Å². The molecule has 0 bridgehead atoms. The van der Waals surface area contributed by atoms with Gasteiger partial charge in [0.2, 0.25) is 0 Å². The first-order chi connectivity index (χ1) is 22.1. The molecule has 2 aliphatic rings. The standard InChI is InChI=1S/C31H25F6N3O7/c32-30(33,34)27(44)39-17-6-9-20-23(14-17)46-24-15-18(40-28(45)31(35,36)37)7-10-21(24)29(20)22-13-16(5-8-19(22)26(43)47-29)25(42)38-11-3-1-2-4-12-41/h5-10,13-15,41H,1-4,11-12H2,(H,38,42)(H,39,44)(H,40,45). The fraction of sp³-hybridized carbons (Fsp3) is 0.290. The maximum absolute atomic E-state index is 13.2. The third-order valence-corrected chi connectivity index (χ3v) is 7.47. The molecule has 16 heteroatoms. The summed E-state index contributed by atoms with van der Waals surface area (Å²) in [7, 11) is 0. The summed E-state index contributed by atoms with van der Waals surface area (Å²) >= 11 is 0. The maximum atomic E-state index is 13.2. The summed E-state index contributed by atoms with van der Waals surface area (Å²) < 4.78 is 89.5. The molecule has 0 saturated carbocycles. The van der Waals surface area contributed by atoms with Crippen molar-refractivity contribution in [2.24, 2.45) is 0 Å². The van der Waals surface area contributed by atoms with E-state index in [1.165, 1.54) is 30.3 Å². The second kappa shape index (κ2) is 12.6. The number of aliphatic hydroxyl groups is 1. The fourth-order valence-corrected chi connectivity index (χ4v) is 5.32. The molecule has 248 valence electrons. The molecule has 2 heterocycles. The van der Waals surface area contributed by atoms with Gasteiger partial charge in [-0.15, -0.1) is 0 Å². The van der Waals surface area contributed by atoms with Crippen LogP contribution in [0.3, 0.4) is 0 Å². The van der Waals surface area contributed by atoms with Crippen LogP contribution in [-0.4, -0.2) is 54.3 Å². The number of alkyl halides is 6. The van der Waals surface area contributed by atoms with Gasteiger partial charge < -0.3 is 30.5 Å². The number of rotatable bonds is 9. The lowest BCUT2D eigenvalue weighted by atomic mass is 9.77. The molecule has 3 aromatic rings. The van der Waals surface area contributed by atoms with Crippen molar-refractivity contribution in [1.29, 1.82) is 0 Å². The second-order valence-corrected chi connectivity index (χ2v) is 10.7. The molecule has 3 aromatic carbocycles. The molecule has 0 atom stereocenters. The summed E-state index contributed by atoms with van der Waals surface area (Å²) in [5.41, 5.74) is -2.25. The highest BCUT2D eigenvalue weighted by Crippen LogP contribution is 2.57. The minimum Gasteiger partial charge on any atom is -0.456 e. The van der Waals surface area contributed by atoms with Crippen LogP contribution in [0.1, 0.15) is 63.1 Å². The molecule has 0 unspecified atom stereocenters. The Kier molecular flexibility index (Phi) is 8.90. The van der Waals surface area contributed by atoms with Crippen molar-refractivity contribution in [3.63, 3.8) is 0 Å². The number of ether oxygens (including phenoxy) is 2. The number of halogens is 6. The summed E-state index contributed by atoms with van der Waals surface area (Å²) in [5, 5.41) is 15.0. The van der Waals surface area contributed by atoms with Crippen molar-refractivity contribution in [1.82, 2.24) is 5.32 Å². The third-order valence-electron chi connectivity index (χ3n) is 7.47. The first-order valence-corrected chi connectivity index (χ1v) is 14.2. The minimum absolute atomic E-state index is 0.0215. The molecule has 0 radical (unpaired) electrons. The monoisotopic (exact) mass is 665 g/mol. The van der Waals surface area contributed by atoms with E-state index in [9.17, 15) is 45.5 Å². The Hall–Kier alpha value is -5.12. The zero-order valence-corrected chi connectivity index (χ0v) is 24.1. The molecular formula is C31H25F6N3O7. The zero-order chi connectivity index (χ0) is 34.1. The SMILES string of the molecule is O=C(NCCCCCCO)c1ccc2c(c1)C1(OC2=O)c2ccc(NC(=O)C(F)(F)F)cc2Oc2cc(NC(=O)C(F)(F)F)ccc21. The highest BCUT2D eigenvalue weighted by atomic mass is 19.4. The molecule has 0 saturated heterocycles. The minimum atomic E-state index is -5.23. The highest BCUT2D eigenvalue weighted by Gasteiger charge is 2.54. The van der Waals surface area contributed by atoms with Crippen LogP contribution in [0.15, 0.2) is 54.6 Å². The smallest absolute Gasteiger partial charge is 0.456 e. The van der Waals surface area contributed by atoms with Crippen molar-refractivity contribution in [2.75, 3.05) is 23.8 Å². The molecule has 5 rings (SSSR count). The number of nitrogens with one attached hydrogen (secondary N) is 3. The number of amides is 3. The van der Waals surface area contributed by atoms with E-state index < -0.39 is 41.6 Å². The van der Waals surface area contributed by atoms with Gasteiger partial charge >= 0.3 is 30.1 Å². The summed E-state index contributed by atoms with van der Waals surface area (Å²) in [6, 6.07) is 10.8. The topological polar surface area (TPSA) is 143 Å². The van der Waals surface area contributed by atoms with Crippen molar-refractivity contribution < 1.29 is 60.1 Å². The lowest BCUT2D eigenvalue weighted by Gasteiger charge is -2.37. The normalized spacial score (nSPS) is 14.3. The van der Waals surface area contributed by atoms with Gasteiger partial charge in [0.15, 0.2) is 5.60 Å². The summed E-state index contributed by atoms with van der Waals surface area (Å²) in [5.74, 6) is -6.40. The molecule has 0 fully saturated rings. The van der Waals surface area contributed by atoms with Gasteiger partial charge in [0.1, 0.15) is 11.5 Å². The number of esters is 1. The molecular weight excluding hydrogens is 640 g/mol. The molecule has 47 heavy (non-hydrogen) atoms. The molecule has 3 amide bonds. The Morgan fingerprint density at radius 3 is 1.81 bits per heavy atom. The van der Waals surface area contributed by atoms with Crippen molar-refractivity contribution in [2.45, 2.75) is 43.6 Å². The van der Waals surface area contributed by atoms with Gasteiger partial charge in [-0.25, -0.2) is 4.79 Å². The molecule has 0 aromatic heterocycles. The maximum Gasteiger partial charge on any atom is 0.471 e. The Labute approximate surface area is 262 Å². The average Bonchev–Trinajstić information content (AvgIpc) is 3.29. The highest BCUT2D eigenvalue weighted by molar-refractivity contribution is 6.01. The van der Waals surface area contributed by atoms with Crippen LogP contribution in [0.4, 0.5) is 37.7 Å². The van der Waals surface area contributed by atoms with Gasteiger partial charge in [0, 0.05) is 58.9 Å². The van der Waals surface area contributed by atoms with E-state index in [4.69, 9.17) is 14.6 Å². The zero-order valence-electron chi connectivity index (χ0n) is 24.1. The quantitative estimate of drug-likeness (QED) is 0.134. The first-order valence-electron chi connectivity index (χ1n) is 14.2. The number of hydrogen-bond acceptors (Lipinski definition) is 7. The van der Waals surface area contributed by atoms with Crippen LogP contribution in [0.5, 0.6) is 11.5 Å². The van der Waals surface area contributed by atoms with Gasteiger partial charge in [-0.05, 0) is 55.3 Å². The van der Waals surface area contributed by atoms with Crippen LogP contribution < -0.4 is 20.7 Å². The predicted octanol–water partition coefficient (Wildman–Crippen LogP) is 5.54. The Morgan fingerprint density at radius 1 is 0.723 bits per heavy atom. The third kappa shape index (κ3) is 6.58. The largest absolute Gasteiger partial charge is 0.471 e. The van der Waals surface area contributed by atoms with Gasteiger partial charge in [-0.2, -0.15) is 26.3 Å². The Bertz CT molecular complexity index is 1680. The number of hydrogen-bond donors (Lipinski definition) is 4. The lowest BCUT2D eigenvalue weighted by molar-refractivity contribution is -0.167. The van der Waals surface area contributed by atoms with Gasteiger partial charge in [0.25, 0.3) is 5.91 Å². The van der Waals surface area contributed by atoms with Crippen LogP contribution >= 0.6 is 0 Å². The summed E-state index contributed by atoms with van der Waals surface area (Å²) in [4.78, 5) is 49.5. The average molecular weight is 666 g/mol. The van der Waals surface area contributed by atoms with Crippen LogP contribution in [0.25, 0.3) is 0 Å². The number of carbonyl (C=O) groups excluding carboxylic acids is 4. The second-order valence-electron chi connectivity index (χ2n) is 10.7. The van der Waals surface area contributed by atoms with Crippen molar-refractivity contribution in [3.05, 3.63) is 82.4 Å². The van der Waals surface area contributed by atoms with E-state index in [0.717, 1.165) is 37.1 Å². The number of fused-ring (bicyclic) bond motifs is 6. The fourth-order valence-electron chi connectivity index (χ4n) is 5.32. The molecule has 0 aliphatic carbocycles. The number of unbranched alkanes of at least 4 members (excludes halogenated alkanes) is 3. The van der Waals surface area contributed by atoms with E-state index >= 15 is 0 Å². The van der Waals surface area contributed by atoms with Crippen molar-refractivity contribution >= 4 is 35.1 Å². The first kappa shape index (κ1) is 33.2. The lowest BCUT2D eigenvalue weighted by Crippen LogP contribution is -2.34. The number of anilines is 2. The number of benzene rings is 3. The van der Waals surface area contributed by atoms with E-state index in [0.29, 0.717) is 19.4 Å². The molecule has 10 nitrogen and oxygen atoms in total. The van der Waals surface area contributed by atoms with E-state index in [1.807, 2.05) is 0 Å². The summed E-state index contributed by atoms with van der Waals surface area (Å²) in [6.45, 7) is 0.384. The molecule has 4 N–H and O–H groups in total. The summed E-state index contributed by atoms with van der Waals surface area (Å²) in [6.07, 6.45) is -7.65.